The predicted octanol–water partition coefficient (Wildman–Crippen LogP) is 2.65. The van der Waals surface area contributed by atoms with Crippen molar-refractivity contribution in [2.45, 2.75) is 11.7 Å². The summed E-state index contributed by atoms with van der Waals surface area (Å²) in [5.41, 5.74) is 0.798. The lowest BCUT2D eigenvalue weighted by molar-refractivity contribution is -0.0464. The van der Waals surface area contributed by atoms with Crippen molar-refractivity contribution >= 4 is 0 Å². The Morgan fingerprint density at radius 2 is 2.06 bits per heavy atom. The molecule has 1 aromatic carbocycles. The van der Waals surface area contributed by atoms with Crippen LogP contribution in [0.15, 0.2) is 48.6 Å². The molecule has 2 aliphatic rings. The minimum absolute atomic E-state index is 0.000805. The monoisotopic (exact) mass is 244 g/mol. The van der Waals surface area contributed by atoms with Crippen molar-refractivity contribution < 1.29 is 14.2 Å². The summed E-state index contributed by atoms with van der Waals surface area (Å²) < 4.78 is 16.7. The van der Waals surface area contributed by atoms with Gasteiger partial charge in [0.15, 0.2) is 0 Å². The summed E-state index contributed by atoms with van der Waals surface area (Å²) in [6.07, 6.45) is 8.24. The first-order chi connectivity index (χ1) is 8.81. The van der Waals surface area contributed by atoms with E-state index in [0.29, 0.717) is 13.2 Å². The predicted molar refractivity (Wildman–Crippen MR) is 68.7 cm³/mol. The van der Waals surface area contributed by atoms with E-state index in [1.165, 1.54) is 0 Å². The van der Waals surface area contributed by atoms with Crippen LogP contribution in [0, 0.1) is 0 Å². The van der Waals surface area contributed by atoms with Crippen LogP contribution >= 0.6 is 0 Å². The van der Waals surface area contributed by atoms with Gasteiger partial charge in [-0.15, -0.1) is 0 Å². The standard InChI is InChI=1S/C15H16O3/c1-16-13-5-3-12(4-6-13)14-7-9-15(11-17-14)8-2-10-18-15/h2-9,14H,10-11H2,1H3/t14-,15-/m0/s1. The zero-order chi connectivity index (χ0) is 12.4. The molecule has 1 aromatic rings. The van der Waals surface area contributed by atoms with E-state index >= 15 is 0 Å². The van der Waals surface area contributed by atoms with Crippen molar-refractivity contribution in [2.24, 2.45) is 0 Å². The summed E-state index contributed by atoms with van der Waals surface area (Å²) in [6, 6.07) is 7.94. The van der Waals surface area contributed by atoms with Crippen LogP contribution in [0.2, 0.25) is 0 Å². The molecule has 0 fully saturated rings. The van der Waals surface area contributed by atoms with Gasteiger partial charge in [0.2, 0.25) is 0 Å². The number of methoxy groups -OCH3 is 1. The van der Waals surface area contributed by atoms with Gasteiger partial charge in [-0.25, -0.2) is 0 Å². The molecule has 0 bridgehead atoms. The molecular weight excluding hydrogens is 228 g/mol. The van der Waals surface area contributed by atoms with Gasteiger partial charge in [-0.3, -0.25) is 0 Å². The molecule has 0 aromatic heterocycles. The van der Waals surface area contributed by atoms with Gasteiger partial charge < -0.3 is 14.2 Å². The molecule has 1 spiro atoms. The van der Waals surface area contributed by atoms with E-state index in [2.05, 4.69) is 18.2 Å². The highest BCUT2D eigenvalue weighted by Gasteiger charge is 2.32. The molecule has 94 valence electrons. The topological polar surface area (TPSA) is 27.7 Å². The second kappa shape index (κ2) is 4.59. The Morgan fingerprint density at radius 1 is 1.22 bits per heavy atom. The number of benzene rings is 1. The Bertz CT molecular complexity index is 475. The van der Waals surface area contributed by atoms with Gasteiger partial charge in [-0.05, 0) is 29.8 Å². The number of ether oxygens (including phenoxy) is 3. The molecule has 2 heterocycles. The molecule has 0 N–H and O–H groups in total. The minimum atomic E-state index is -0.330. The van der Waals surface area contributed by atoms with Crippen molar-refractivity contribution in [3.63, 3.8) is 0 Å². The van der Waals surface area contributed by atoms with Crippen LogP contribution in [0.3, 0.4) is 0 Å². The Labute approximate surface area is 107 Å². The number of hydrogen-bond donors (Lipinski definition) is 0. The third-order valence-corrected chi connectivity index (χ3v) is 3.33. The Kier molecular flexibility index (Phi) is 2.94. The van der Waals surface area contributed by atoms with Crippen molar-refractivity contribution in [1.82, 2.24) is 0 Å². The maximum Gasteiger partial charge on any atom is 0.128 e. The van der Waals surface area contributed by atoms with Crippen LogP contribution in [-0.2, 0) is 9.47 Å². The molecule has 3 rings (SSSR count). The first-order valence-electron chi connectivity index (χ1n) is 6.08. The lowest BCUT2D eigenvalue weighted by atomic mass is 9.99. The van der Waals surface area contributed by atoms with Gasteiger partial charge >= 0.3 is 0 Å². The summed E-state index contributed by atoms with van der Waals surface area (Å²) in [5.74, 6) is 0.858. The fourth-order valence-electron chi connectivity index (χ4n) is 2.27. The lowest BCUT2D eigenvalue weighted by Gasteiger charge is -2.30. The fraction of sp³-hybridized carbons (Fsp3) is 0.333. The first kappa shape index (κ1) is 11.5. The van der Waals surface area contributed by atoms with Crippen molar-refractivity contribution in [3.8, 4) is 5.75 Å². The molecule has 0 amide bonds. The summed E-state index contributed by atoms with van der Waals surface area (Å²) in [5, 5.41) is 0. The molecule has 3 heteroatoms. The Balaban J connectivity index is 1.76. The number of rotatable bonds is 2. The van der Waals surface area contributed by atoms with Gasteiger partial charge in [0, 0.05) is 0 Å². The van der Waals surface area contributed by atoms with Gasteiger partial charge in [0.05, 0.1) is 20.3 Å². The zero-order valence-electron chi connectivity index (χ0n) is 10.3. The molecule has 18 heavy (non-hydrogen) atoms. The largest absolute Gasteiger partial charge is 0.497 e. The van der Waals surface area contributed by atoms with Crippen LogP contribution in [0.4, 0.5) is 0 Å². The number of hydrogen-bond acceptors (Lipinski definition) is 3. The second-order valence-electron chi connectivity index (χ2n) is 4.53. The van der Waals surface area contributed by atoms with E-state index < -0.39 is 0 Å². The molecule has 0 aliphatic carbocycles. The Hall–Kier alpha value is -1.58. The van der Waals surface area contributed by atoms with E-state index in [0.717, 1.165) is 11.3 Å². The smallest absolute Gasteiger partial charge is 0.128 e. The molecule has 2 aliphatic heterocycles. The molecule has 0 saturated carbocycles. The average molecular weight is 244 g/mol. The minimum Gasteiger partial charge on any atom is -0.497 e. The van der Waals surface area contributed by atoms with E-state index in [4.69, 9.17) is 14.2 Å². The van der Waals surface area contributed by atoms with E-state index in [9.17, 15) is 0 Å². The maximum absolute atomic E-state index is 5.87. The van der Waals surface area contributed by atoms with Crippen LogP contribution in [0.25, 0.3) is 0 Å². The van der Waals surface area contributed by atoms with Gasteiger partial charge in [0.25, 0.3) is 0 Å². The Morgan fingerprint density at radius 3 is 2.61 bits per heavy atom. The highest BCUT2D eigenvalue weighted by atomic mass is 16.5. The normalized spacial score (nSPS) is 29.9. The molecule has 2 atom stereocenters. The van der Waals surface area contributed by atoms with Crippen molar-refractivity contribution in [2.75, 3.05) is 20.3 Å². The molecule has 3 nitrogen and oxygen atoms in total. The van der Waals surface area contributed by atoms with Crippen molar-refractivity contribution in [3.05, 3.63) is 54.1 Å². The summed E-state index contributed by atoms with van der Waals surface area (Å²) in [7, 11) is 1.67. The SMILES string of the molecule is COc1ccc([C@@H]2C=C[C@@]3(C=CCO3)CO2)cc1. The second-order valence-corrected chi connectivity index (χ2v) is 4.53. The molecular formula is C15H16O3. The molecule has 0 radical (unpaired) electrons. The summed E-state index contributed by atoms with van der Waals surface area (Å²) >= 11 is 0. The lowest BCUT2D eigenvalue weighted by Crippen LogP contribution is -2.34. The third-order valence-electron chi connectivity index (χ3n) is 3.33. The highest BCUT2D eigenvalue weighted by molar-refractivity contribution is 5.32. The quantitative estimate of drug-likeness (QED) is 0.748. The zero-order valence-corrected chi connectivity index (χ0v) is 10.3. The van der Waals surface area contributed by atoms with Gasteiger partial charge in [0.1, 0.15) is 17.5 Å². The van der Waals surface area contributed by atoms with Crippen molar-refractivity contribution in [1.29, 1.82) is 0 Å². The van der Waals surface area contributed by atoms with Gasteiger partial charge in [-0.2, -0.15) is 0 Å². The summed E-state index contributed by atoms with van der Waals surface area (Å²) in [4.78, 5) is 0. The van der Waals surface area contributed by atoms with Crippen LogP contribution in [0.5, 0.6) is 5.75 Å². The molecule has 0 saturated heterocycles. The fourth-order valence-corrected chi connectivity index (χ4v) is 2.27. The van der Waals surface area contributed by atoms with E-state index in [-0.39, 0.29) is 11.7 Å². The third kappa shape index (κ3) is 2.07. The highest BCUT2D eigenvalue weighted by Crippen LogP contribution is 2.32. The van der Waals surface area contributed by atoms with Crippen LogP contribution in [-0.4, -0.2) is 25.9 Å². The van der Waals surface area contributed by atoms with E-state index in [1.54, 1.807) is 7.11 Å². The van der Waals surface area contributed by atoms with E-state index in [1.807, 2.05) is 30.3 Å². The first-order valence-corrected chi connectivity index (χ1v) is 6.08. The van der Waals surface area contributed by atoms with Crippen LogP contribution in [0.1, 0.15) is 11.7 Å². The molecule has 0 unspecified atom stereocenters. The summed E-state index contributed by atoms with van der Waals surface area (Å²) in [6.45, 7) is 1.23. The van der Waals surface area contributed by atoms with Crippen LogP contribution < -0.4 is 4.74 Å². The van der Waals surface area contributed by atoms with Gasteiger partial charge in [-0.1, -0.05) is 24.3 Å². The maximum atomic E-state index is 5.87. The average Bonchev–Trinajstić information content (AvgIpc) is 2.88.